The molecule has 1 fully saturated rings. The number of nitrogens with one attached hydrogen (secondary N) is 1. The van der Waals surface area contributed by atoms with Crippen LogP contribution in [0.1, 0.15) is 49.6 Å². The third kappa shape index (κ3) is 5.21. The fourth-order valence-corrected chi connectivity index (χ4v) is 4.93. The van der Waals surface area contributed by atoms with Crippen molar-refractivity contribution in [1.29, 1.82) is 0 Å². The van der Waals surface area contributed by atoms with Crippen LogP contribution in [0, 0.1) is 30.0 Å². The Morgan fingerprint density at radius 1 is 1.07 bits per heavy atom. The Labute approximate surface area is 248 Å². The number of fused-ring (bicyclic) bond motifs is 1. The summed E-state index contributed by atoms with van der Waals surface area (Å²) in [5.74, 6) is 4.92. The van der Waals surface area contributed by atoms with Crippen LogP contribution < -0.4 is 16.0 Å². The maximum Gasteiger partial charge on any atom is 0.247 e. The first kappa shape index (κ1) is 27.7. The monoisotopic (exact) mass is 575 g/mol. The summed E-state index contributed by atoms with van der Waals surface area (Å²) in [5.41, 5.74) is 9.96. The van der Waals surface area contributed by atoms with Crippen LogP contribution in [-0.4, -0.2) is 31.0 Å². The summed E-state index contributed by atoms with van der Waals surface area (Å²) in [7, 11) is 0. The molecule has 2 amide bonds. The van der Waals surface area contributed by atoms with E-state index in [-0.39, 0.29) is 6.04 Å². The Morgan fingerprint density at radius 3 is 2.49 bits per heavy atom. The second-order valence-corrected chi connectivity index (χ2v) is 11.0. The van der Waals surface area contributed by atoms with E-state index in [1.807, 2.05) is 46.6 Å². The third-order valence-corrected chi connectivity index (χ3v) is 7.67. The first-order valence-electron chi connectivity index (χ1n) is 14.0. The molecule has 3 heterocycles. The molecule has 216 valence electrons. The summed E-state index contributed by atoms with van der Waals surface area (Å²) in [6.07, 6.45) is 8.08. The summed E-state index contributed by atoms with van der Waals surface area (Å²) >= 11 is 0. The van der Waals surface area contributed by atoms with Gasteiger partial charge in [0.2, 0.25) is 11.8 Å². The molecule has 0 unspecified atom stereocenters. The lowest BCUT2D eigenvalue weighted by molar-refractivity contribution is -0.133. The number of carbonyl (C=O) groups excluding carboxylic acids is 2. The molecule has 0 atom stereocenters. The molecule has 1 saturated carbocycles. The lowest BCUT2D eigenvalue weighted by atomic mass is 10.0. The number of nitrogens with two attached hydrogens (primary N) is 1. The Bertz CT molecular complexity index is 1920. The van der Waals surface area contributed by atoms with Crippen LogP contribution >= 0.6 is 0 Å². The highest BCUT2D eigenvalue weighted by molar-refractivity contribution is 6.16. The van der Waals surface area contributed by atoms with Gasteiger partial charge in [-0.25, -0.2) is 9.37 Å². The average Bonchev–Trinajstić information content (AvgIpc) is 3.50. The predicted molar refractivity (Wildman–Crippen MR) is 163 cm³/mol. The van der Waals surface area contributed by atoms with Crippen LogP contribution in [-0.2, 0) is 9.59 Å². The van der Waals surface area contributed by atoms with Crippen LogP contribution in [0.25, 0.3) is 5.65 Å². The van der Waals surface area contributed by atoms with E-state index in [9.17, 15) is 14.0 Å². The molecule has 5 aromatic rings. The number of benzene rings is 2. The molecular formula is C33H30FN7O2. The quantitative estimate of drug-likeness (QED) is 0.193. The molecule has 3 aromatic heterocycles. The van der Waals surface area contributed by atoms with E-state index in [2.05, 4.69) is 41.1 Å². The van der Waals surface area contributed by atoms with E-state index in [4.69, 9.17) is 5.73 Å². The number of amides is 2. The highest BCUT2D eigenvalue weighted by Gasteiger charge is 2.57. The standard InChI is InChI=1S/C33H30FN7O2/c1-21(2)40-20-25(18-37-40)38-29-5-4-16-39-28(19-36-30(29)39)11-7-23-17-27(10-6-22(23)3)41(26-12-8-24(34)9-13-26)32(43)33(14-15-33)31(35)42/h4-6,8-10,12-13,16-21,38H,14-15H2,1-3H3,(H2,35,42). The van der Waals surface area contributed by atoms with E-state index in [0.717, 1.165) is 16.9 Å². The topological polar surface area (TPSA) is 111 Å². The Balaban J connectivity index is 1.34. The smallest absolute Gasteiger partial charge is 0.247 e. The van der Waals surface area contributed by atoms with Gasteiger partial charge in [-0.2, -0.15) is 5.10 Å². The minimum absolute atomic E-state index is 0.250. The number of anilines is 4. The van der Waals surface area contributed by atoms with Gasteiger partial charge in [0.15, 0.2) is 5.65 Å². The van der Waals surface area contributed by atoms with Gasteiger partial charge in [0.05, 0.1) is 29.5 Å². The molecule has 3 N–H and O–H groups in total. The second kappa shape index (κ2) is 10.8. The van der Waals surface area contributed by atoms with Crippen molar-refractivity contribution >= 4 is 40.2 Å². The molecule has 0 bridgehead atoms. The molecule has 10 heteroatoms. The van der Waals surface area contributed by atoms with Crippen LogP contribution in [0.15, 0.2) is 79.4 Å². The number of imidazole rings is 1. The number of nitrogens with zero attached hydrogens (tertiary/aromatic N) is 5. The van der Waals surface area contributed by atoms with Gasteiger partial charge in [0, 0.05) is 29.7 Å². The van der Waals surface area contributed by atoms with Crippen molar-refractivity contribution in [3.63, 3.8) is 0 Å². The molecule has 43 heavy (non-hydrogen) atoms. The molecule has 6 rings (SSSR count). The molecule has 2 aromatic carbocycles. The van der Waals surface area contributed by atoms with Crippen molar-refractivity contribution in [2.45, 2.75) is 39.7 Å². The molecule has 0 radical (unpaired) electrons. The highest BCUT2D eigenvalue weighted by atomic mass is 19.1. The van der Waals surface area contributed by atoms with Crippen LogP contribution in [0.2, 0.25) is 0 Å². The number of pyridine rings is 1. The van der Waals surface area contributed by atoms with Crippen molar-refractivity contribution < 1.29 is 14.0 Å². The van der Waals surface area contributed by atoms with Gasteiger partial charge < -0.3 is 11.1 Å². The zero-order valence-electron chi connectivity index (χ0n) is 24.0. The maximum absolute atomic E-state index is 13.7. The summed E-state index contributed by atoms with van der Waals surface area (Å²) in [6, 6.07) is 15.1. The number of aromatic nitrogens is 4. The fourth-order valence-electron chi connectivity index (χ4n) is 4.93. The summed E-state index contributed by atoms with van der Waals surface area (Å²) < 4.78 is 17.5. The third-order valence-electron chi connectivity index (χ3n) is 7.67. The number of primary amides is 1. The number of rotatable bonds is 7. The van der Waals surface area contributed by atoms with E-state index in [0.29, 0.717) is 41.1 Å². The summed E-state index contributed by atoms with van der Waals surface area (Å²) in [4.78, 5) is 32.0. The number of hydrogen-bond acceptors (Lipinski definition) is 5. The van der Waals surface area contributed by atoms with Gasteiger partial charge in [-0.1, -0.05) is 12.0 Å². The molecule has 9 nitrogen and oxygen atoms in total. The van der Waals surface area contributed by atoms with Gasteiger partial charge >= 0.3 is 0 Å². The van der Waals surface area contributed by atoms with Gasteiger partial charge in [0.25, 0.3) is 0 Å². The maximum atomic E-state index is 13.7. The Morgan fingerprint density at radius 2 is 1.81 bits per heavy atom. The van der Waals surface area contributed by atoms with Crippen molar-refractivity contribution in [2.75, 3.05) is 10.2 Å². The zero-order valence-corrected chi connectivity index (χ0v) is 24.0. The van der Waals surface area contributed by atoms with Crippen LogP contribution in [0.4, 0.5) is 27.1 Å². The normalized spacial score (nSPS) is 13.4. The van der Waals surface area contributed by atoms with Gasteiger partial charge in [-0.05, 0) is 93.6 Å². The first-order valence-corrected chi connectivity index (χ1v) is 14.0. The van der Waals surface area contributed by atoms with Crippen LogP contribution in [0.3, 0.4) is 0 Å². The number of aryl methyl sites for hydroxylation is 1. The van der Waals surface area contributed by atoms with Crippen molar-refractivity contribution in [3.8, 4) is 11.8 Å². The largest absolute Gasteiger partial charge is 0.369 e. The fraction of sp³-hybridized carbons (Fsp3) is 0.212. The van der Waals surface area contributed by atoms with Gasteiger partial charge in [-0.15, -0.1) is 0 Å². The second-order valence-electron chi connectivity index (χ2n) is 11.0. The Hall–Kier alpha value is -5.43. The zero-order chi connectivity index (χ0) is 30.3. The van der Waals surface area contributed by atoms with Crippen molar-refractivity contribution in [2.24, 2.45) is 11.1 Å². The molecule has 0 aliphatic heterocycles. The number of carbonyl (C=O) groups is 2. The Kier molecular flexibility index (Phi) is 6.94. The van der Waals surface area contributed by atoms with E-state index >= 15 is 0 Å². The van der Waals surface area contributed by atoms with E-state index in [1.165, 1.54) is 29.2 Å². The molecule has 0 saturated heterocycles. The van der Waals surface area contributed by atoms with Crippen LogP contribution in [0.5, 0.6) is 0 Å². The number of halogens is 1. The van der Waals surface area contributed by atoms with Crippen molar-refractivity contribution in [1.82, 2.24) is 19.2 Å². The molecule has 1 aliphatic carbocycles. The average molecular weight is 576 g/mol. The molecule has 1 aliphatic rings. The first-order chi connectivity index (χ1) is 20.7. The molecular weight excluding hydrogens is 545 g/mol. The minimum atomic E-state index is -1.26. The van der Waals surface area contributed by atoms with E-state index in [1.54, 1.807) is 24.5 Å². The summed E-state index contributed by atoms with van der Waals surface area (Å²) in [5, 5.41) is 7.77. The van der Waals surface area contributed by atoms with Gasteiger partial charge in [0.1, 0.15) is 16.9 Å². The lowest BCUT2D eigenvalue weighted by Crippen LogP contribution is -2.41. The SMILES string of the molecule is Cc1ccc(N(C(=O)C2(C(N)=O)CC2)c2ccc(F)cc2)cc1C#Cc1cnc2c(Nc3cnn(C(C)C)c3)cccn12. The predicted octanol–water partition coefficient (Wildman–Crippen LogP) is 5.63. The van der Waals surface area contributed by atoms with E-state index < -0.39 is 23.0 Å². The highest BCUT2D eigenvalue weighted by Crippen LogP contribution is 2.49. The molecule has 0 spiro atoms. The van der Waals surface area contributed by atoms with Crippen molar-refractivity contribution in [3.05, 3.63) is 102 Å². The minimum Gasteiger partial charge on any atom is -0.369 e. The van der Waals surface area contributed by atoms with Gasteiger partial charge in [-0.3, -0.25) is 23.6 Å². The summed E-state index contributed by atoms with van der Waals surface area (Å²) in [6.45, 7) is 6.06. The number of hydrogen-bond donors (Lipinski definition) is 2. The lowest BCUT2D eigenvalue weighted by Gasteiger charge is -2.27.